The number of anilines is 2. The predicted molar refractivity (Wildman–Crippen MR) is 170 cm³/mol. The van der Waals surface area contributed by atoms with E-state index < -0.39 is 0 Å². The van der Waals surface area contributed by atoms with E-state index in [1.165, 1.54) is 12.8 Å². The van der Waals surface area contributed by atoms with Crippen molar-refractivity contribution < 1.29 is 9.59 Å². The zero-order valence-electron chi connectivity index (χ0n) is 22.7. The molecule has 3 aromatic carbocycles. The summed E-state index contributed by atoms with van der Waals surface area (Å²) in [6.45, 7) is 5.78. The molecule has 2 aromatic heterocycles. The highest BCUT2D eigenvalue weighted by atomic mass is 79.9. The lowest BCUT2D eigenvalue weighted by Crippen LogP contribution is -2.27. The third kappa shape index (κ3) is 3.57. The quantitative estimate of drug-likeness (QED) is 0.0850. The highest BCUT2D eigenvalue weighted by Gasteiger charge is 2.36. The molecule has 2 amide bonds. The average Bonchev–Trinajstić information content (AvgIpc) is 3.37. The van der Waals surface area contributed by atoms with E-state index in [0.717, 1.165) is 102 Å². The van der Waals surface area contributed by atoms with E-state index in [1.807, 2.05) is 9.80 Å². The summed E-state index contributed by atoms with van der Waals surface area (Å²) in [7, 11) is 0. The molecule has 0 radical (unpaired) electrons. The molecule has 0 saturated heterocycles. The minimum atomic E-state index is 0.0190. The van der Waals surface area contributed by atoms with Gasteiger partial charge in [0.05, 0.1) is 33.5 Å². The number of halogens is 2. The minimum absolute atomic E-state index is 0.0190. The van der Waals surface area contributed by atoms with E-state index in [9.17, 15) is 9.59 Å². The monoisotopic (exact) mass is 660 g/mol. The van der Waals surface area contributed by atoms with Crippen LogP contribution in [0.3, 0.4) is 0 Å². The Balaban J connectivity index is 1.48. The normalized spacial score (nSPS) is 14.5. The number of carbonyl (C=O) groups is 2. The molecular formula is C32H30Br2N4O2. The summed E-state index contributed by atoms with van der Waals surface area (Å²) in [5, 5.41) is 5.70. The first-order chi connectivity index (χ1) is 19.5. The van der Waals surface area contributed by atoms with Gasteiger partial charge in [-0.25, -0.2) is 0 Å². The summed E-state index contributed by atoms with van der Waals surface area (Å²) >= 11 is 7.73. The Kier molecular flexibility index (Phi) is 6.46. The first-order valence-electron chi connectivity index (χ1n) is 14.4. The molecule has 204 valence electrons. The van der Waals surface area contributed by atoms with Crippen LogP contribution in [0.1, 0.15) is 85.9 Å². The molecule has 5 aromatic rings. The maximum absolute atomic E-state index is 13.6. The van der Waals surface area contributed by atoms with Gasteiger partial charge in [0.15, 0.2) is 0 Å². The van der Waals surface area contributed by atoms with Crippen molar-refractivity contribution in [3.63, 3.8) is 0 Å². The van der Waals surface area contributed by atoms with E-state index in [4.69, 9.17) is 9.97 Å². The maximum atomic E-state index is 13.6. The average molecular weight is 662 g/mol. The van der Waals surface area contributed by atoms with Crippen molar-refractivity contribution >= 4 is 98.4 Å². The van der Waals surface area contributed by atoms with E-state index in [-0.39, 0.29) is 11.8 Å². The topological polar surface area (TPSA) is 66.4 Å². The Hall–Kier alpha value is -2.84. The summed E-state index contributed by atoms with van der Waals surface area (Å²) in [4.78, 5) is 40.9. The Labute approximate surface area is 249 Å². The van der Waals surface area contributed by atoms with Crippen LogP contribution < -0.4 is 9.80 Å². The van der Waals surface area contributed by atoms with Crippen LogP contribution in [0.25, 0.3) is 43.4 Å². The van der Waals surface area contributed by atoms with Gasteiger partial charge >= 0.3 is 0 Å². The van der Waals surface area contributed by atoms with Crippen LogP contribution in [-0.2, 0) is 0 Å². The fourth-order valence-corrected chi connectivity index (χ4v) is 7.95. The van der Waals surface area contributed by atoms with Gasteiger partial charge in [0, 0.05) is 66.7 Å². The number of amides is 2. The second kappa shape index (κ2) is 9.91. The summed E-state index contributed by atoms with van der Waals surface area (Å²) in [5.74, 6) is 0.0379. The molecule has 0 fully saturated rings. The van der Waals surface area contributed by atoms with Crippen LogP contribution in [0.2, 0.25) is 0 Å². The number of aromatic nitrogens is 2. The number of benzene rings is 3. The van der Waals surface area contributed by atoms with E-state index >= 15 is 0 Å². The molecule has 8 heteroatoms. The Morgan fingerprint density at radius 3 is 1.43 bits per heavy atom. The third-order valence-corrected chi connectivity index (χ3v) is 9.90. The highest BCUT2D eigenvalue weighted by Crippen LogP contribution is 2.52. The van der Waals surface area contributed by atoms with Crippen LogP contribution in [0, 0.1) is 0 Å². The molecule has 4 heterocycles. The lowest BCUT2D eigenvalue weighted by atomic mass is 9.92. The second-order valence-electron chi connectivity index (χ2n) is 11.1. The van der Waals surface area contributed by atoms with Crippen molar-refractivity contribution in [3.05, 3.63) is 44.6 Å². The number of pyridine rings is 2. The lowest BCUT2D eigenvalue weighted by Gasteiger charge is -2.20. The lowest BCUT2D eigenvalue weighted by molar-refractivity contribution is 0.0984. The van der Waals surface area contributed by atoms with E-state index in [0.29, 0.717) is 24.2 Å². The molecular weight excluding hydrogens is 632 g/mol. The van der Waals surface area contributed by atoms with Gasteiger partial charge in [-0.15, -0.1) is 0 Å². The molecule has 7 rings (SSSR count). The summed E-state index contributed by atoms with van der Waals surface area (Å²) in [6, 6.07) is 4.15. The van der Waals surface area contributed by atoms with Gasteiger partial charge in [-0.3, -0.25) is 19.6 Å². The fourth-order valence-electron chi connectivity index (χ4n) is 6.75. The molecule has 0 bridgehead atoms. The molecule has 0 spiro atoms. The Morgan fingerprint density at radius 2 is 1.02 bits per heavy atom. The summed E-state index contributed by atoms with van der Waals surface area (Å²) < 4.78 is 1.78. The molecule has 0 aliphatic carbocycles. The third-order valence-electron chi connectivity index (χ3n) is 8.65. The molecule has 2 aliphatic rings. The standard InChI is InChI=1S/C32H30Br2N4O2/c1-3-5-7-9-11-37-21-13-19(33)25-27-23(21)17(31(37)39)15-35-29(27)26-20(34)14-22-24-18(16-36-30(25)28(24)26)32(40)38(22)12-10-8-6-4-2/h13-16H,3-12H2,1-2H3. The maximum Gasteiger partial charge on any atom is 0.260 e. The zero-order valence-corrected chi connectivity index (χ0v) is 25.9. The van der Waals surface area contributed by atoms with Crippen molar-refractivity contribution in [2.24, 2.45) is 0 Å². The van der Waals surface area contributed by atoms with Gasteiger partial charge in [-0.2, -0.15) is 0 Å². The van der Waals surface area contributed by atoms with Gasteiger partial charge in [0.2, 0.25) is 0 Å². The number of unbranched alkanes of at least 4 members (excludes halogenated alkanes) is 6. The molecule has 2 aliphatic heterocycles. The van der Waals surface area contributed by atoms with Crippen molar-refractivity contribution in [1.29, 1.82) is 0 Å². The predicted octanol–water partition coefficient (Wildman–Crippen LogP) is 9.13. The number of rotatable bonds is 10. The zero-order chi connectivity index (χ0) is 27.7. The molecule has 0 atom stereocenters. The molecule has 6 nitrogen and oxygen atoms in total. The first kappa shape index (κ1) is 26.1. The van der Waals surface area contributed by atoms with Gasteiger partial charge in [0.25, 0.3) is 11.8 Å². The Bertz CT molecular complexity index is 1730. The number of nitrogens with zero attached hydrogens (tertiary/aromatic N) is 4. The second-order valence-corrected chi connectivity index (χ2v) is 12.8. The summed E-state index contributed by atoms with van der Waals surface area (Å²) in [5.41, 5.74) is 4.84. The van der Waals surface area contributed by atoms with Crippen molar-refractivity contribution in [2.75, 3.05) is 22.9 Å². The largest absolute Gasteiger partial charge is 0.308 e. The first-order valence-corrected chi connectivity index (χ1v) is 16.0. The molecule has 0 unspecified atom stereocenters. The van der Waals surface area contributed by atoms with E-state index in [1.54, 1.807) is 12.4 Å². The number of fused-ring (bicyclic) bond motifs is 2. The smallest absolute Gasteiger partial charge is 0.260 e. The molecule has 40 heavy (non-hydrogen) atoms. The molecule has 0 N–H and O–H groups in total. The minimum Gasteiger partial charge on any atom is -0.308 e. The van der Waals surface area contributed by atoms with Crippen molar-refractivity contribution in [1.82, 2.24) is 9.97 Å². The summed E-state index contributed by atoms with van der Waals surface area (Å²) in [6.07, 6.45) is 12.3. The number of hydrogen-bond acceptors (Lipinski definition) is 4. The van der Waals surface area contributed by atoms with Crippen LogP contribution in [0.15, 0.2) is 33.5 Å². The van der Waals surface area contributed by atoms with Crippen LogP contribution in [0.5, 0.6) is 0 Å². The van der Waals surface area contributed by atoms with Crippen LogP contribution >= 0.6 is 31.9 Å². The van der Waals surface area contributed by atoms with Crippen molar-refractivity contribution in [3.8, 4) is 0 Å². The van der Waals surface area contributed by atoms with Gasteiger partial charge < -0.3 is 9.80 Å². The number of carbonyl (C=O) groups excluding carboxylic acids is 2. The SMILES string of the molecule is CCCCCCN1C(=O)c2cnc3c4c(Br)cc5c6c(cnc(c7c(Br)cc1c2c37)c64)C(=O)N5CCCCCC. The van der Waals surface area contributed by atoms with Gasteiger partial charge in [0.1, 0.15) is 0 Å². The fraction of sp³-hybridized carbons (Fsp3) is 0.375. The Morgan fingerprint density at radius 1 is 0.600 bits per heavy atom. The number of hydrogen-bond donors (Lipinski definition) is 0. The highest BCUT2D eigenvalue weighted by molar-refractivity contribution is 9.11. The van der Waals surface area contributed by atoms with Crippen LogP contribution in [-0.4, -0.2) is 34.9 Å². The van der Waals surface area contributed by atoms with Gasteiger partial charge in [-0.05, 0) is 56.8 Å². The van der Waals surface area contributed by atoms with Gasteiger partial charge in [-0.1, -0.05) is 52.4 Å². The van der Waals surface area contributed by atoms with E-state index in [2.05, 4.69) is 57.8 Å². The molecule has 0 saturated carbocycles. The van der Waals surface area contributed by atoms with Crippen LogP contribution in [0.4, 0.5) is 11.4 Å². The van der Waals surface area contributed by atoms with Crippen molar-refractivity contribution in [2.45, 2.75) is 65.2 Å².